The highest BCUT2D eigenvalue weighted by molar-refractivity contribution is 8.00. The van der Waals surface area contributed by atoms with Crippen LogP contribution >= 0.6 is 11.8 Å². The summed E-state index contributed by atoms with van der Waals surface area (Å²) in [5.41, 5.74) is 2.50. The second-order valence-corrected chi connectivity index (χ2v) is 7.79. The van der Waals surface area contributed by atoms with Crippen LogP contribution in [-0.4, -0.2) is 22.7 Å². The first kappa shape index (κ1) is 17.8. The van der Waals surface area contributed by atoms with Crippen molar-refractivity contribution in [3.05, 3.63) is 35.4 Å². The predicted octanol–water partition coefficient (Wildman–Crippen LogP) is 4.20. The number of nitrogens with one attached hydrogen (secondary N) is 1. The number of nitriles is 1. The standard InChI is InChI=1S/C20H23N3OS/c1-13-6-3-4-9-17(13)22-18(24)12-25-20-16(11-21)10-15-8-5-7-14(2)19(15)23-20/h5,7-8,10,13,17H,3-4,6,9,12H2,1-2H3,(H,22,24)/t13-,17-/m1/s1. The fourth-order valence-electron chi connectivity index (χ4n) is 3.43. The van der Waals surface area contributed by atoms with Crippen molar-refractivity contribution < 1.29 is 4.79 Å². The average Bonchev–Trinajstić information content (AvgIpc) is 2.61. The van der Waals surface area contributed by atoms with Crippen LogP contribution in [0, 0.1) is 24.2 Å². The van der Waals surface area contributed by atoms with Gasteiger partial charge in [-0.25, -0.2) is 4.98 Å². The Kier molecular flexibility index (Phi) is 5.60. The van der Waals surface area contributed by atoms with Crippen molar-refractivity contribution in [1.29, 1.82) is 5.26 Å². The number of thioether (sulfide) groups is 1. The lowest BCUT2D eigenvalue weighted by Crippen LogP contribution is -2.41. The minimum atomic E-state index is 0.0271. The molecule has 0 unspecified atom stereocenters. The van der Waals surface area contributed by atoms with Gasteiger partial charge < -0.3 is 5.32 Å². The summed E-state index contributed by atoms with van der Waals surface area (Å²) in [7, 11) is 0. The number of hydrogen-bond donors (Lipinski definition) is 1. The van der Waals surface area contributed by atoms with Crippen LogP contribution in [0.15, 0.2) is 29.3 Å². The first-order valence-corrected chi connectivity index (χ1v) is 9.79. The van der Waals surface area contributed by atoms with Gasteiger partial charge in [0, 0.05) is 11.4 Å². The Morgan fingerprint density at radius 1 is 1.40 bits per heavy atom. The maximum atomic E-state index is 12.3. The van der Waals surface area contributed by atoms with E-state index in [1.54, 1.807) is 0 Å². The number of aromatic nitrogens is 1. The van der Waals surface area contributed by atoms with Crippen molar-refractivity contribution in [3.8, 4) is 6.07 Å². The molecule has 0 saturated heterocycles. The number of rotatable bonds is 4. The number of carbonyl (C=O) groups is 1. The van der Waals surface area contributed by atoms with Crippen LogP contribution in [0.4, 0.5) is 0 Å². The van der Waals surface area contributed by atoms with E-state index in [1.165, 1.54) is 31.0 Å². The summed E-state index contributed by atoms with van der Waals surface area (Å²) in [4.78, 5) is 17.0. The second kappa shape index (κ2) is 7.88. The monoisotopic (exact) mass is 353 g/mol. The third kappa shape index (κ3) is 4.13. The van der Waals surface area contributed by atoms with E-state index in [0.29, 0.717) is 22.3 Å². The third-order valence-corrected chi connectivity index (χ3v) is 5.92. The largest absolute Gasteiger partial charge is 0.352 e. The Morgan fingerprint density at radius 2 is 2.20 bits per heavy atom. The molecule has 0 radical (unpaired) electrons. The van der Waals surface area contributed by atoms with Gasteiger partial charge in [0.2, 0.25) is 5.91 Å². The molecule has 2 aromatic rings. The quantitative estimate of drug-likeness (QED) is 0.837. The fourth-order valence-corrected chi connectivity index (χ4v) is 4.20. The van der Waals surface area contributed by atoms with Gasteiger partial charge in [-0.1, -0.05) is 49.7 Å². The lowest BCUT2D eigenvalue weighted by Gasteiger charge is -2.29. The van der Waals surface area contributed by atoms with E-state index < -0.39 is 0 Å². The van der Waals surface area contributed by atoms with Gasteiger partial charge in [0.05, 0.1) is 16.8 Å². The van der Waals surface area contributed by atoms with Crippen molar-refractivity contribution in [3.63, 3.8) is 0 Å². The Hall–Kier alpha value is -2.06. The number of pyridine rings is 1. The van der Waals surface area contributed by atoms with Gasteiger partial charge in [-0.3, -0.25) is 4.79 Å². The van der Waals surface area contributed by atoms with Crippen molar-refractivity contribution in [2.75, 3.05) is 5.75 Å². The highest BCUT2D eigenvalue weighted by Crippen LogP contribution is 2.27. The van der Waals surface area contributed by atoms with Crippen molar-refractivity contribution in [2.45, 2.75) is 50.6 Å². The molecule has 0 aliphatic heterocycles. The molecule has 3 rings (SSSR count). The minimum Gasteiger partial charge on any atom is -0.352 e. The lowest BCUT2D eigenvalue weighted by molar-refractivity contribution is -0.119. The van der Waals surface area contributed by atoms with Crippen LogP contribution in [0.3, 0.4) is 0 Å². The Bertz CT molecular complexity index is 828. The number of para-hydroxylation sites is 1. The molecule has 0 spiro atoms. The highest BCUT2D eigenvalue weighted by Gasteiger charge is 2.23. The molecule has 2 atom stereocenters. The summed E-state index contributed by atoms with van der Waals surface area (Å²) in [5, 5.41) is 14.2. The minimum absolute atomic E-state index is 0.0271. The maximum Gasteiger partial charge on any atom is 0.230 e. The van der Waals surface area contributed by atoms with Gasteiger partial charge in [0.25, 0.3) is 0 Å². The molecule has 4 nitrogen and oxygen atoms in total. The number of benzene rings is 1. The van der Waals surface area contributed by atoms with E-state index in [9.17, 15) is 10.1 Å². The summed E-state index contributed by atoms with van der Waals surface area (Å²) < 4.78 is 0. The molecule has 130 valence electrons. The molecule has 1 heterocycles. The van der Waals surface area contributed by atoms with Crippen LogP contribution in [0.5, 0.6) is 0 Å². The molecule has 0 bridgehead atoms. The Labute approximate surface area is 153 Å². The molecular weight excluding hydrogens is 330 g/mol. The molecule has 1 aliphatic rings. The molecule has 1 aliphatic carbocycles. The smallest absolute Gasteiger partial charge is 0.230 e. The fraction of sp³-hybridized carbons (Fsp3) is 0.450. The topological polar surface area (TPSA) is 65.8 Å². The van der Waals surface area contributed by atoms with E-state index in [1.807, 2.05) is 31.2 Å². The molecule has 1 aromatic heterocycles. The maximum absolute atomic E-state index is 12.3. The van der Waals surface area contributed by atoms with Crippen molar-refractivity contribution >= 4 is 28.6 Å². The van der Waals surface area contributed by atoms with Gasteiger partial charge in [-0.2, -0.15) is 5.26 Å². The number of nitrogens with zero attached hydrogens (tertiary/aromatic N) is 2. The zero-order chi connectivity index (χ0) is 17.8. The molecule has 1 saturated carbocycles. The second-order valence-electron chi connectivity index (χ2n) is 6.82. The summed E-state index contributed by atoms with van der Waals surface area (Å²) in [6.45, 7) is 4.21. The first-order valence-electron chi connectivity index (χ1n) is 8.81. The summed E-state index contributed by atoms with van der Waals surface area (Å²) in [6, 6.07) is 10.3. The zero-order valence-electron chi connectivity index (χ0n) is 14.7. The molecule has 5 heteroatoms. The van der Waals surface area contributed by atoms with Crippen molar-refractivity contribution in [2.24, 2.45) is 5.92 Å². The molecule has 1 fully saturated rings. The van der Waals surface area contributed by atoms with Gasteiger partial charge in [0.1, 0.15) is 11.1 Å². The van der Waals surface area contributed by atoms with Crippen LogP contribution in [0.1, 0.15) is 43.7 Å². The Balaban J connectivity index is 1.71. The summed E-state index contributed by atoms with van der Waals surface area (Å²) >= 11 is 1.35. The van der Waals surface area contributed by atoms with Crippen LogP contribution in [0.25, 0.3) is 10.9 Å². The number of amides is 1. The lowest BCUT2D eigenvalue weighted by atomic mass is 9.86. The van der Waals surface area contributed by atoms with Gasteiger partial charge in [-0.15, -0.1) is 0 Å². The van der Waals surface area contributed by atoms with Gasteiger partial charge in [0.15, 0.2) is 0 Å². The molecule has 25 heavy (non-hydrogen) atoms. The molecule has 1 aromatic carbocycles. The summed E-state index contributed by atoms with van der Waals surface area (Å²) in [6.07, 6.45) is 4.69. The van der Waals surface area contributed by atoms with E-state index >= 15 is 0 Å². The Morgan fingerprint density at radius 3 is 2.96 bits per heavy atom. The van der Waals surface area contributed by atoms with Crippen LogP contribution in [0.2, 0.25) is 0 Å². The van der Waals surface area contributed by atoms with Gasteiger partial charge >= 0.3 is 0 Å². The number of aryl methyl sites for hydroxylation is 1. The highest BCUT2D eigenvalue weighted by atomic mass is 32.2. The van der Waals surface area contributed by atoms with E-state index in [2.05, 4.69) is 23.3 Å². The van der Waals surface area contributed by atoms with Crippen LogP contribution < -0.4 is 5.32 Å². The molecule has 1 amide bonds. The van der Waals surface area contributed by atoms with E-state index in [0.717, 1.165) is 22.9 Å². The normalized spacial score (nSPS) is 20.2. The van der Waals surface area contributed by atoms with Crippen LogP contribution in [-0.2, 0) is 4.79 Å². The molecular formula is C20H23N3OS. The van der Waals surface area contributed by atoms with Gasteiger partial charge in [-0.05, 0) is 37.3 Å². The molecule has 1 N–H and O–H groups in total. The first-order chi connectivity index (χ1) is 12.1. The van der Waals surface area contributed by atoms with E-state index in [4.69, 9.17) is 0 Å². The third-order valence-electron chi connectivity index (χ3n) is 4.93. The average molecular weight is 353 g/mol. The predicted molar refractivity (Wildman–Crippen MR) is 101 cm³/mol. The zero-order valence-corrected chi connectivity index (χ0v) is 15.5. The number of fused-ring (bicyclic) bond motifs is 1. The SMILES string of the molecule is Cc1cccc2cc(C#N)c(SCC(=O)N[C@@H]3CCCC[C@H]3C)nc12. The summed E-state index contributed by atoms with van der Waals surface area (Å²) in [5.74, 6) is 0.862. The van der Waals surface area contributed by atoms with E-state index in [-0.39, 0.29) is 11.9 Å². The number of carbonyl (C=O) groups excluding carboxylic acids is 1. The van der Waals surface area contributed by atoms with Crippen molar-refractivity contribution in [1.82, 2.24) is 10.3 Å². The number of hydrogen-bond acceptors (Lipinski definition) is 4.